The van der Waals surface area contributed by atoms with E-state index in [0.29, 0.717) is 0 Å². The minimum Gasteiger partial charge on any atom is -0.398 e. The molecule has 76 valence electrons. The SMILES string of the molecule is CCc1ccc(-c2ccccc2)c(N)c1. The van der Waals surface area contributed by atoms with Gasteiger partial charge in [0.25, 0.3) is 0 Å². The number of nitrogens with two attached hydrogens (primary N) is 1. The van der Waals surface area contributed by atoms with Crippen molar-refractivity contribution in [3.63, 3.8) is 0 Å². The first kappa shape index (κ1) is 9.78. The maximum atomic E-state index is 6.03. The Labute approximate surface area is 90.6 Å². The van der Waals surface area contributed by atoms with Gasteiger partial charge in [0.2, 0.25) is 0 Å². The molecule has 0 bridgehead atoms. The monoisotopic (exact) mass is 197 g/mol. The molecule has 2 aromatic carbocycles. The van der Waals surface area contributed by atoms with Gasteiger partial charge >= 0.3 is 0 Å². The number of nitrogen functional groups attached to an aromatic ring is 1. The van der Waals surface area contributed by atoms with E-state index >= 15 is 0 Å². The van der Waals surface area contributed by atoms with E-state index < -0.39 is 0 Å². The molecule has 0 aromatic heterocycles. The first-order valence-electron chi connectivity index (χ1n) is 5.25. The molecule has 0 radical (unpaired) electrons. The molecule has 0 atom stereocenters. The topological polar surface area (TPSA) is 26.0 Å². The van der Waals surface area contributed by atoms with Gasteiger partial charge in [-0.3, -0.25) is 0 Å². The summed E-state index contributed by atoms with van der Waals surface area (Å²) in [5, 5.41) is 0. The van der Waals surface area contributed by atoms with Gasteiger partial charge in [-0.05, 0) is 23.6 Å². The zero-order chi connectivity index (χ0) is 10.7. The van der Waals surface area contributed by atoms with Crippen molar-refractivity contribution in [1.29, 1.82) is 0 Å². The summed E-state index contributed by atoms with van der Waals surface area (Å²) in [4.78, 5) is 0. The number of benzene rings is 2. The first-order chi connectivity index (χ1) is 7.31. The highest BCUT2D eigenvalue weighted by Gasteiger charge is 2.01. The van der Waals surface area contributed by atoms with E-state index in [1.165, 1.54) is 11.1 Å². The molecule has 1 heteroatoms. The smallest absolute Gasteiger partial charge is 0.0396 e. The molecule has 0 unspecified atom stereocenters. The zero-order valence-corrected chi connectivity index (χ0v) is 8.90. The van der Waals surface area contributed by atoms with Crippen LogP contribution in [-0.4, -0.2) is 0 Å². The second-order valence-corrected chi connectivity index (χ2v) is 3.64. The predicted molar refractivity (Wildman–Crippen MR) is 65.7 cm³/mol. The van der Waals surface area contributed by atoms with Crippen molar-refractivity contribution in [1.82, 2.24) is 0 Å². The molecule has 1 nitrogen and oxygen atoms in total. The lowest BCUT2D eigenvalue weighted by Gasteiger charge is -2.07. The summed E-state index contributed by atoms with van der Waals surface area (Å²) < 4.78 is 0. The Morgan fingerprint density at radius 1 is 1.00 bits per heavy atom. The maximum absolute atomic E-state index is 6.03. The van der Waals surface area contributed by atoms with Crippen LogP contribution in [0.25, 0.3) is 11.1 Å². The van der Waals surface area contributed by atoms with Gasteiger partial charge < -0.3 is 5.73 Å². The fourth-order valence-electron chi connectivity index (χ4n) is 1.71. The molecule has 0 saturated carbocycles. The largest absolute Gasteiger partial charge is 0.398 e. The van der Waals surface area contributed by atoms with Gasteiger partial charge in [0, 0.05) is 11.3 Å². The average molecular weight is 197 g/mol. The molecule has 0 amide bonds. The van der Waals surface area contributed by atoms with Crippen LogP contribution in [0, 0.1) is 0 Å². The van der Waals surface area contributed by atoms with Gasteiger partial charge in [0.1, 0.15) is 0 Å². The van der Waals surface area contributed by atoms with Crippen LogP contribution in [0.2, 0.25) is 0 Å². The lowest BCUT2D eigenvalue weighted by molar-refractivity contribution is 1.14. The molecule has 0 spiro atoms. The molecular formula is C14H15N. The van der Waals surface area contributed by atoms with Crippen LogP contribution in [0.5, 0.6) is 0 Å². The zero-order valence-electron chi connectivity index (χ0n) is 8.90. The van der Waals surface area contributed by atoms with Crippen LogP contribution in [0.1, 0.15) is 12.5 Å². The summed E-state index contributed by atoms with van der Waals surface area (Å²) in [5.74, 6) is 0. The Balaban J connectivity index is 2.46. The lowest BCUT2D eigenvalue weighted by atomic mass is 10.0. The number of rotatable bonds is 2. The third-order valence-electron chi connectivity index (χ3n) is 2.61. The van der Waals surface area contributed by atoms with Crippen LogP contribution in [0.15, 0.2) is 48.5 Å². The highest BCUT2D eigenvalue weighted by atomic mass is 14.6. The average Bonchev–Trinajstić information content (AvgIpc) is 2.30. The minimum atomic E-state index is 0.862. The number of anilines is 1. The molecule has 0 fully saturated rings. The Bertz CT molecular complexity index is 446. The summed E-state index contributed by atoms with van der Waals surface area (Å²) in [6, 6.07) is 16.5. The third-order valence-corrected chi connectivity index (χ3v) is 2.61. The summed E-state index contributed by atoms with van der Waals surface area (Å²) in [6.07, 6.45) is 1.03. The fraction of sp³-hybridized carbons (Fsp3) is 0.143. The van der Waals surface area contributed by atoms with Crippen molar-refractivity contribution in [3.8, 4) is 11.1 Å². The van der Waals surface area contributed by atoms with E-state index in [4.69, 9.17) is 5.73 Å². The molecule has 15 heavy (non-hydrogen) atoms. The van der Waals surface area contributed by atoms with Crippen molar-refractivity contribution in [2.24, 2.45) is 0 Å². The normalized spacial score (nSPS) is 10.2. The van der Waals surface area contributed by atoms with Gasteiger partial charge in [0.05, 0.1) is 0 Å². The second-order valence-electron chi connectivity index (χ2n) is 3.64. The van der Waals surface area contributed by atoms with Gasteiger partial charge in [-0.1, -0.05) is 49.4 Å². The molecule has 0 aliphatic rings. The molecule has 0 aliphatic carbocycles. The molecule has 0 aliphatic heterocycles. The third kappa shape index (κ3) is 2.01. The number of aryl methyl sites for hydroxylation is 1. The van der Waals surface area contributed by atoms with Gasteiger partial charge in [0.15, 0.2) is 0 Å². The number of hydrogen-bond donors (Lipinski definition) is 1. The molecule has 0 heterocycles. The van der Waals surface area contributed by atoms with Crippen LogP contribution >= 0.6 is 0 Å². The van der Waals surface area contributed by atoms with E-state index in [-0.39, 0.29) is 0 Å². The van der Waals surface area contributed by atoms with Crippen LogP contribution in [-0.2, 0) is 6.42 Å². The van der Waals surface area contributed by atoms with E-state index in [1.54, 1.807) is 0 Å². The Morgan fingerprint density at radius 3 is 2.33 bits per heavy atom. The summed E-state index contributed by atoms with van der Waals surface area (Å²) in [7, 11) is 0. The summed E-state index contributed by atoms with van der Waals surface area (Å²) >= 11 is 0. The molecule has 2 rings (SSSR count). The summed E-state index contributed by atoms with van der Waals surface area (Å²) in [6.45, 7) is 2.14. The Hall–Kier alpha value is -1.76. The quantitative estimate of drug-likeness (QED) is 0.733. The van der Waals surface area contributed by atoms with E-state index in [1.807, 2.05) is 18.2 Å². The molecular weight excluding hydrogens is 182 g/mol. The van der Waals surface area contributed by atoms with Crippen molar-refractivity contribution in [3.05, 3.63) is 54.1 Å². The highest BCUT2D eigenvalue weighted by Crippen LogP contribution is 2.26. The van der Waals surface area contributed by atoms with Crippen molar-refractivity contribution in [2.45, 2.75) is 13.3 Å². The Kier molecular flexibility index (Phi) is 2.72. The van der Waals surface area contributed by atoms with Crippen LogP contribution < -0.4 is 5.73 Å². The van der Waals surface area contributed by atoms with Gasteiger partial charge in [-0.15, -0.1) is 0 Å². The highest BCUT2D eigenvalue weighted by molar-refractivity contribution is 5.76. The lowest BCUT2D eigenvalue weighted by Crippen LogP contribution is -1.92. The fourth-order valence-corrected chi connectivity index (χ4v) is 1.71. The van der Waals surface area contributed by atoms with Crippen LogP contribution in [0.3, 0.4) is 0 Å². The Morgan fingerprint density at radius 2 is 1.73 bits per heavy atom. The van der Waals surface area contributed by atoms with Crippen molar-refractivity contribution >= 4 is 5.69 Å². The summed E-state index contributed by atoms with van der Waals surface area (Å²) in [5.41, 5.74) is 10.5. The maximum Gasteiger partial charge on any atom is 0.0396 e. The standard InChI is InChI=1S/C14H15N/c1-2-11-8-9-13(14(15)10-11)12-6-4-3-5-7-12/h3-10H,2,15H2,1H3. The molecule has 2 aromatic rings. The van der Waals surface area contributed by atoms with Crippen molar-refractivity contribution < 1.29 is 0 Å². The number of hydrogen-bond acceptors (Lipinski definition) is 1. The minimum absolute atomic E-state index is 0.862. The molecule has 0 saturated heterocycles. The van der Waals surface area contributed by atoms with Gasteiger partial charge in [-0.2, -0.15) is 0 Å². The van der Waals surface area contributed by atoms with Crippen LogP contribution in [0.4, 0.5) is 5.69 Å². The molecule has 2 N–H and O–H groups in total. The van der Waals surface area contributed by atoms with E-state index in [2.05, 4.69) is 37.3 Å². The van der Waals surface area contributed by atoms with Crippen molar-refractivity contribution in [2.75, 3.05) is 5.73 Å². The second kappa shape index (κ2) is 4.18. The first-order valence-corrected chi connectivity index (χ1v) is 5.25. The van der Waals surface area contributed by atoms with E-state index in [9.17, 15) is 0 Å². The van der Waals surface area contributed by atoms with Gasteiger partial charge in [-0.25, -0.2) is 0 Å². The van der Waals surface area contributed by atoms with E-state index in [0.717, 1.165) is 17.7 Å². The predicted octanol–water partition coefficient (Wildman–Crippen LogP) is 3.50.